The molecule has 0 saturated carbocycles. The third-order valence-corrected chi connectivity index (χ3v) is 2.94. The average Bonchev–Trinajstić information content (AvgIpc) is 2.39. The van der Waals surface area contributed by atoms with Gasteiger partial charge in [-0.3, -0.25) is 0 Å². The zero-order valence-electron chi connectivity index (χ0n) is 11.8. The molecule has 0 radical (unpaired) electrons. The van der Waals surface area contributed by atoms with E-state index in [-0.39, 0.29) is 0 Å². The second kappa shape index (κ2) is 7.88. The summed E-state index contributed by atoms with van der Waals surface area (Å²) in [6.07, 6.45) is 4.91. The van der Waals surface area contributed by atoms with Gasteiger partial charge in [0.05, 0.1) is 0 Å². The van der Waals surface area contributed by atoms with Gasteiger partial charge in [-0.15, -0.1) is 6.58 Å². The van der Waals surface area contributed by atoms with E-state index in [1.54, 1.807) is 0 Å². The smallest absolute Gasteiger partial charge is 0.133 e. The van der Waals surface area contributed by atoms with E-state index in [0.29, 0.717) is 6.04 Å². The van der Waals surface area contributed by atoms with Gasteiger partial charge < -0.3 is 10.2 Å². The van der Waals surface area contributed by atoms with Gasteiger partial charge in [0.15, 0.2) is 0 Å². The molecule has 1 N–H and O–H groups in total. The van der Waals surface area contributed by atoms with Gasteiger partial charge >= 0.3 is 0 Å². The summed E-state index contributed by atoms with van der Waals surface area (Å²) in [7, 11) is 0. The fraction of sp³-hybridized carbons (Fsp3) is 0.533. The van der Waals surface area contributed by atoms with Gasteiger partial charge in [-0.05, 0) is 26.0 Å². The number of hydrogen-bond acceptors (Lipinski definition) is 3. The molecule has 0 spiro atoms. The first kappa shape index (κ1) is 14.7. The van der Waals surface area contributed by atoms with Gasteiger partial charge in [0.2, 0.25) is 0 Å². The summed E-state index contributed by atoms with van der Waals surface area (Å²) < 4.78 is 0. The van der Waals surface area contributed by atoms with Crippen molar-refractivity contribution in [2.24, 2.45) is 0 Å². The zero-order chi connectivity index (χ0) is 13.4. The molecule has 0 aliphatic carbocycles. The molecule has 0 aliphatic rings. The zero-order valence-corrected chi connectivity index (χ0v) is 11.8. The van der Waals surface area contributed by atoms with E-state index in [1.165, 1.54) is 5.56 Å². The lowest BCUT2D eigenvalue weighted by Crippen LogP contribution is -2.28. The third kappa shape index (κ3) is 3.84. The Kier molecular flexibility index (Phi) is 6.44. The summed E-state index contributed by atoms with van der Waals surface area (Å²) in [6.45, 7) is 13.1. The van der Waals surface area contributed by atoms with E-state index in [2.05, 4.69) is 48.6 Å². The molecule has 100 valence electrons. The van der Waals surface area contributed by atoms with E-state index in [0.717, 1.165) is 31.9 Å². The van der Waals surface area contributed by atoms with Crippen LogP contribution < -0.4 is 10.2 Å². The average molecular weight is 247 g/mol. The summed E-state index contributed by atoms with van der Waals surface area (Å²) in [5.74, 6) is 1.08. The van der Waals surface area contributed by atoms with Crippen LogP contribution in [0.2, 0.25) is 0 Å². The minimum absolute atomic E-state index is 0.322. The largest absolute Gasteiger partial charge is 0.353 e. The van der Waals surface area contributed by atoms with Crippen molar-refractivity contribution in [3.8, 4) is 0 Å². The normalized spacial score (nSPS) is 12.2. The molecule has 3 nitrogen and oxygen atoms in total. The Morgan fingerprint density at radius 1 is 1.50 bits per heavy atom. The first-order valence-corrected chi connectivity index (χ1v) is 6.78. The molecule has 0 aliphatic heterocycles. The van der Waals surface area contributed by atoms with E-state index in [9.17, 15) is 0 Å². The standard InChI is InChI=1S/C15H25N3/c1-5-11-18(12-6-2)15-14(9-8-10-17-15)13(4)16-7-3/h5,8-10,13,16H,1,6-7,11-12H2,2-4H3. The van der Waals surface area contributed by atoms with Crippen molar-refractivity contribution >= 4 is 5.82 Å². The van der Waals surface area contributed by atoms with Gasteiger partial charge in [0.25, 0.3) is 0 Å². The molecule has 18 heavy (non-hydrogen) atoms. The molecule has 1 rings (SSSR count). The topological polar surface area (TPSA) is 28.2 Å². The number of hydrogen-bond donors (Lipinski definition) is 1. The second-order valence-corrected chi connectivity index (χ2v) is 4.43. The lowest BCUT2D eigenvalue weighted by Gasteiger charge is -2.26. The summed E-state index contributed by atoms with van der Waals surface area (Å²) >= 11 is 0. The van der Waals surface area contributed by atoms with Crippen molar-refractivity contribution in [3.05, 3.63) is 36.5 Å². The van der Waals surface area contributed by atoms with Gasteiger partial charge in [0.1, 0.15) is 5.82 Å². The van der Waals surface area contributed by atoms with Crippen LogP contribution in [0.25, 0.3) is 0 Å². The van der Waals surface area contributed by atoms with Crippen molar-refractivity contribution < 1.29 is 0 Å². The number of aromatic nitrogens is 1. The monoisotopic (exact) mass is 247 g/mol. The minimum Gasteiger partial charge on any atom is -0.353 e. The van der Waals surface area contributed by atoms with Crippen molar-refractivity contribution in [3.63, 3.8) is 0 Å². The van der Waals surface area contributed by atoms with Crippen LogP contribution in [-0.4, -0.2) is 24.6 Å². The van der Waals surface area contributed by atoms with Gasteiger partial charge in [-0.1, -0.05) is 26.0 Å². The number of nitrogens with one attached hydrogen (secondary N) is 1. The molecular weight excluding hydrogens is 222 g/mol. The number of rotatable bonds is 8. The maximum atomic E-state index is 4.56. The van der Waals surface area contributed by atoms with Gasteiger partial charge in [0, 0.05) is 30.9 Å². The molecule has 1 aromatic heterocycles. The molecule has 1 aromatic rings. The maximum absolute atomic E-state index is 4.56. The molecule has 3 heteroatoms. The van der Waals surface area contributed by atoms with Crippen molar-refractivity contribution in [2.75, 3.05) is 24.5 Å². The van der Waals surface area contributed by atoms with Crippen LogP contribution >= 0.6 is 0 Å². The lowest BCUT2D eigenvalue weighted by molar-refractivity contribution is 0.593. The summed E-state index contributed by atoms with van der Waals surface area (Å²) in [6, 6.07) is 4.48. The predicted molar refractivity (Wildman–Crippen MR) is 79.0 cm³/mol. The van der Waals surface area contributed by atoms with E-state index in [4.69, 9.17) is 0 Å². The molecule has 0 fully saturated rings. The predicted octanol–water partition coefficient (Wildman–Crippen LogP) is 3.15. The molecule has 0 saturated heterocycles. The summed E-state index contributed by atoms with van der Waals surface area (Å²) in [5, 5.41) is 3.45. The Bertz CT molecular complexity index is 363. The molecule has 1 unspecified atom stereocenters. The van der Waals surface area contributed by atoms with Crippen LogP contribution in [0.4, 0.5) is 5.82 Å². The van der Waals surface area contributed by atoms with Crippen molar-refractivity contribution in [1.82, 2.24) is 10.3 Å². The highest BCUT2D eigenvalue weighted by Gasteiger charge is 2.14. The molecule has 0 bridgehead atoms. The van der Waals surface area contributed by atoms with Crippen LogP contribution in [0.1, 0.15) is 38.8 Å². The first-order chi connectivity index (χ1) is 8.74. The fourth-order valence-corrected chi connectivity index (χ4v) is 2.14. The molecule has 0 amide bonds. The van der Waals surface area contributed by atoms with Crippen LogP contribution in [-0.2, 0) is 0 Å². The van der Waals surface area contributed by atoms with E-state index in [1.807, 2.05) is 18.3 Å². The van der Waals surface area contributed by atoms with Crippen LogP contribution in [0.5, 0.6) is 0 Å². The highest BCUT2D eigenvalue weighted by atomic mass is 15.2. The van der Waals surface area contributed by atoms with Gasteiger partial charge in [-0.2, -0.15) is 0 Å². The lowest BCUT2D eigenvalue weighted by atomic mass is 10.1. The maximum Gasteiger partial charge on any atom is 0.133 e. The number of nitrogens with zero attached hydrogens (tertiary/aromatic N) is 2. The van der Waals surface area contributed by atoms with Crippen LogP contribution in [0, 0.1) is 0 Å². The molecular formula is C15H25N3. The van der Waals surface area contributed by atoms with Crippen LogP contribution in [0.3, 0.4) is 0 Å². The fourth-order valence-electron chi connectivity index (χ4n) is 2.14. The van der Waals surface area contributed by atoms with E-state index < -0.39 is 0 Å². The third-order valence-electron chi connectivity index (χ3n) is 2.94. The Morgan fingerprint density at radius 2 is 2.28 bits per heavy atom. The van der Waals surface area contributed by atoms with Crippen molar-refractivity contribution in [2.45, 2.75) is 33.2 Å². The molecule has 1 atom stereocenters. The first-order valence-electron chi connectivity index (χ1n) is 6.78. The van der Waals surface area contributed by atoms with Gasteiger partial charge in [-0.25, -0.2) is 4.98 Å². The molecule has 1 heterocycles. The highest BCUT2D eigenvalue weighted by Crippen LogP contribution is 2.23. The quantitative estimate of drug-likeness (QED) is 0.715. The number of pyridine rings is 1. The SMILES string of the molecule is C=CCN(CCC)c1ncccc1C(C)NCC. The van der Waals surface area contributed by atoms with Crippen LogP contribution in [0.15, 0.2) is 31.0 Å². The second-order valence-electron chi connectivity index (χ2n) is 4.43. The minimum atomic E-state index is 0.322. The highest BCUT2D eigenvalue weighted by molar-refractivity contribution is 5.48. The summed E-state index contributed by atoms with van der Waals surface area (Å²) in [4.78, 5) is 6.85. The summed E-state index contributed by atoms with van der Waals surface area (Å²) in [5.41, 5.74) is 1.26. The Hall–Kier alpha value is -1.35. The Balaban J connectivity index is 3.00. The Morgan fingerprint density at radius 3 is 2.89 bits per heavy atom. The Labute approximate surface area is 111 Å². The number of anilines is 1. The van der Waals surface area contributed by atoms with Crippen molar-refractivity contribution in [1.29, 1.82) is 0 Å². The molecule has 0 aromatic carbocycles. The van der Waals surface area contributed by atoms with E-state index >= 15 is 0 Å².